The molecule has 0 saturated heterocycles. The Morgan fingerprint density at radius 2 is 2.11 bits per heavy atom. The van der Waals surface area contributed by atoms with Crippen LogP contribution in [0.1, 0.15) is 23.8 Å². The van der Waals surface area contributed by atoms with E-state index in [0.717, 1.165) is 12.3 Å². The molecule has 0 aromatic carbocycles. The number of nitrogens with two attached hydrogens (primary N) is 1. The monoisotopic (exact) mass is 259 g/mol. The third kappa shape index (κ3) is 2.32. The Hall–Kier alpha value is -1.60. The maximum absolute atomic E-state index is 12.6. The molecular weight excluding hydrogens is 247 g/mol. The van der Waals surface area contributed by atoms with E-state index in [0.29, 0.717) is 11.3 Å². The van der Waals surface area contributed by atoms with Crippen molar-refractivity contribution in [2.75, 3.05) is 6.54 Å². The summed E-state index contributed by atoms with van der Waals surface area (Å²) in [5.41, 5.74) is 5.19. The van der Waals surface area contributed by atoms with Gasteiger partial charge in [-0.15, -0.1) is 0 Å². The smallest absolute Gasteiger partial charge is 0.387 e. The summed E-state index contributed by atoms with van der Waals surface area (Å²) < 4.78 is 39.0. The van der Waals surface area contributed by atoms with Crippen LogP contribution < -0.4 is 5.73 Å². The molecule has 0 amide bonds. The van der Waals surface area contributed by atoms with Crippen LogP contribution in [-0.2, 0) is 6.18 Å². The molecule has 2 heterocycles. The molecule has 0 aliphatic rings. The van der Waals surface area contributed by atoms with Gasteiger partial charge in [0.05, 0.1) is 23.6 Å². The predicted molar refractivity (Wildman–Crippen MR) is 58.8 cm³/mol. The highest BCUT2D eigenvalue weighted by molar-refractivity contribution is 5.42. The number of halogens is 3. The van der Waals surface area contributed by atoms with Crippen molar-refractivity contribution in [3.05, 3.63) is 35.8 Å². The summed E-state index contributed by atoms with van der Waals surface area (Å²) in [5, 5.41) is 9.78. The van der Waals surface area contributed by atoms with E-state index in [-0.39, 0.29) is 13.0 Å². The lowest BCUT2D eigenvalue weighted by atomic mass is 10.2. The van der Waals surface area contributed by atoms with Crippen molar-refractivity contribution in [2.45, 2.75) is 18.7 Å². The third-order valence-corrected chi connectivity index (χ3v) is 2.64. The first-order valence-electron chi connectivity index (χ1n) is 5.36. The number of aliphatic hydroxyl groups is 1. The Kier molecular flexibility index (Phi) is 3.27. The summed E-state index contributed by atoms with van der Waals surface area (Å²) in [6.07, 6.45) is -2.79. The lowest BCUT2D eigenvalue weighted by Crippen LogP contribution is -2.10. The number of hydrogen-bond donors (Lipinski definition) is 2. The SMILES string of the molecule is NCCC(O)c1cnc2ccc(C(F)(F)F)cn12. The highest BCUT2D eigenvalue weighted by Crippen LogP contribution is 2.30. The van der Waals surface area contributed by atoms with Gasteiger partial charge < -0.3 is 15.2 Å². The minimum atomic E-state index is -4.42. The summed E-state index contributed by atoms with van der Waals surface area (Å²) in [7, 11) is 0. The van der Waals surface area contributed by atoms with E-state index >= 15 is 0 Å². The maximum Gasteiger partial charge on any atom is 0.417 e. The highest BCUT2D eigenvalue weighted by atomic mass is 19.4. The molecule has 98 valence electrons. The molecule has 2 aromatic heterocycles. The number of aromatic nitrogens is 2. The Morgan fingerprint density at radius 1 is 1.39 bits per heavy atom. The van der Waals surface area contributed by atoms with Crippen LogP contribution in [0.25, 0.3) is 5.65 Å². The number of alkyl halides is 3. The van der Waals surface area contributed by atoms with Crippen LogP contribution in [0, 0.1) is 0 Å². The summed E-state index contributed by atoms with van der Waals surface area (Å²) in [6, 6.07) is 2.23. The molecule has 18 heavy (non-hydrogen) atoms. The number of fused-ring (bicyclic) bond motifs is 1. The summed E-state index contributed by atoms with van der Waals surface area (Å²) in [4.78, 5) is 3.94. The van der Waals surface area contributed by atoms with E-state index < -0.39 is 17.8 Å². The zero-order chi connectivity index (χ0) is 13.3. The Bertz CT molecular complexity index is 550. The quantitative estimate of drug-likeness (QED) is 0.882. The van der Waals surface area contributed by atoms with Crippen LogP contribution >= 0.6 is 0 Å². The summed E-state index contributed by atoms with van der Waals surface area (Å²) >= 11 is 0. The number of imidazole rings is 1. The van der Waals surface area contributed by atoms with Crippen LogP contribution in [-0.4, -0.2) is 21.0 Å². The topological polar surface area (TPSA) is 63.5 Å². The van der Waals surface area contributed by atoms with E-state index in [1.165, 1.54) is 16.7 Å². The number of pyridine rings is 1. The lowest BCUT2D eigenvalue weighted by Gasteiger charge is -2.11. The number of hydrogen-bond acceptors (Lipinski definition) is 3. The normalized spacial score (nSPS) is 14.1. The number of nitrogens with zero attached hydrogens (tertiary/aromatic N) is 2. The molecule has 3 N–H and O–H groups in total. The van der Waals surface area contributed by atoms with Gasteiger partial charge in [0, 0.05) is 6.20 Å². The standard InChI is InChI=1S/C11H12F3N3O/c12-11(13,14)7-1-2-10-16-5-8(17(10)6-7)9(18)3-4-15/h1-2,5-6,9,18H,3-4,15H2. The molecule has 0 spiro atoms. The number of rotatable bonds is 3. The molecule has 2 rings (SSSR count). The molecule has 0 radical (unpaired) electrons. The molecule has 7 heteroatoms. The van der Waals surface area contributed by atoms with E-state index in [1.807, 2.05) is 0 Å². The molecule has 2 aromatic rings. The fourth-order valence-electron chi connectivity index (χ4n) is 1.72. The maximum atomic E-state index is 12.6. The van der Waals surface area contributed by atoms with Crippen molar-refractivity contribution in [1.82, 2.24) is 9.38 Å². The van der Waals surface area contributed by atoms with Gasteiger partial charge in [-0.1, -0.05) is 0 Å². The fraction of sp³-hybridized carbons (Fsp3) is 0.364. The fourth-order valence-corrected chi connectivity index (χ4v) is 1.72. The van der Waals surface area contributed by atoms with Gasteiger partial charge in [0.25, 0.3) is 0 Å². The van der Waals surface area contributed by atoms with Crippen molar-refractivity contribution >= 4 is 5.65 Å². The van der Waals surface area contributed by atoms with Crippen LogP contribution in [0.4, 0.5) is 13.2 Å². The van der Waals surface area contributed by atoms with Crippen LogP contribution in [0.2, 0.25) is 0 Å². The second kappa shape index (κ2) is 4.58. The van der Waals surface area contributed by atoms with Crippen molar-refractivity contribution in [1.29, 1.82) is 0 Å². The van der Waals surface area contributed by atoms with Gasteiger partial charge in [-0.25, -0.2) is 4.98 Å². The second-order valence-electron chi connectivity index (χ2n) is 3.92. The Balaban J connectivity index is 2.50. The average Bonchev–Trinajstić information content (AvgIpc) is 2.70. The first-order chi connectivity index (χ1) is 8.43. The van der Waals surface area contributed by atoms with Crippen molar-refractivity contribution in [3.8, 4) is 0 Å². The number of aliphatic hydroxyl groups excluding tert-OH is 1. The zero-order valence-corrected chi connectivity index (χ0v) is 9.35. The van der Waals surface area contributed by atoms with E-state index in [9.17, 15) is 18.3 Å². The van der Waals surface area contributed by atoms with Gasteiger partial charge >= 0.3 is 6.18 Å². The summed E-state index contributed by atoms with van der Waals surface area (Å²) in [6.45, 7) is 0.243. The predicted octanol–water partition coefficient (Wildman–Crippen LogP) is 1.74. The molecule has 1 unspecified atom stereocenters. The van der Waals surface area contributed by atoms with Gasteiger partial charge in [-0.2, -0.15) is 13.2 Å². The lowest BCUT2D eigenvalue weighted by molar-refractivity contribution is -0.137. The first-order valence-corrected chi connectivity index (χ1v) is 5.36. The molecule has 1 atom stereocenters. The molecule has 0 fully saturated rings. The highest BCUT2D eigenvalue weighted by Gasteiger charge is 2.31. The Labute approximate surface area is 101 Å². The van der Waals surface area contributed by atoms with Crippen molar-refractivity contribution in [2.24, 2.45) is 5.73 Å². The molecule has 0 saturated carbocycles. The van der Waals surface area contributed by atoms with Crippen molar-refractivity contribution in [3.63, 3.8) is 0 Å². The average molecular weight is 259 g/mol. The van der Waals surface area contributed by atoms with Gasteiger partial charge in [-0.3, -0.25) is 0 Å². The Morgan fingerprint density at radius 3 is 2.72 bits per heavy atom. The van der Waals surface area contributed by atoms with Gasteiger partial charge in [-0.05, 0) is 25.1 Å². The molecule has 0 aliphatic heterocycles. The van der Waals surface area contributed by atoms with Crippen LogP contribution in [0.15, 0.2) is 24.5 Å². The van der Waals surface area contributed by atoms with Crippen LogP contribution in [0.5, 0.6) is 0 Å². The minimum Gasteiger partial charge on any atom is -0.387 e. The second-order valence-corrected chi connectivity index (χ2v) is 3.92. The van der Waals surface area contributed by atoms with Gasteiger partial charge in [0.2, 0.25) is 0 Å². The molecular formula is C11H12F3N3O. The van der Waals surface area contributed by atoms with Gasteiger partial charge in [0.15, 0.2) is 0 Å². The van der Waals surface area contributed by atoms with Crippen LogP contribution in [0.3, 0.4) is 0 Å². The third-order valence-electron chi connectivity index (χ3n) is 2.64. The summed E-state index contributed by atoms with van der Waals surface area (Å²) in [5.74, 6) is 0. The molecule has 4 nitrogen and oxygen atoms in total. The van der Waals surface area contributed by atoms with E-state index in [1.54, 1.807) is 0 Å². The minimum absolute atomic E-state index is 0.243. The first kappa shape index (κ1) is 12.8. The zero-order valence-electron chi connectivity index (χ0n) is 9.35. The van der Waals surface area contributed by atoms with E-state index in [4.69, 9.17) is 5.73 Å². The largest absolute Gasteiger partial charge is 0.417 e. The molecule has 0 bridgehead atoms. The van der Waals surface area contributed by atoms with Gasteiger partial charge in [0.1, 0.15) is 5.65 Å². The van der Waals surface area contributed by atoms with E-state index in [2.05, 4.69) is 4.98 Å². The molecule has 0 aliphatic carbocycles. The van der Waals surface area contributed by atoms with Crippen molar-refractivity contribution < 1.29 is 18.3 Å².